The largest absolute Gasteiger partial charge is 0.298 e. The Kier molecular flexibility index (Phi) is 12.0. The lowest BCUT2D eigenvalue weighted by Crippen LogP contribution is -2.42. The van der Waals surface area contributed by atoms with Crippen LogP contribution in [0.1, 0.15) is 108 Å². The van der Waals surface area contributed by atoms with Crippen LogP contribution in [0.3, 0.4) is 0 Å². The second-order valence-corrected chi connectivity index (χ2v) is 10.3. The van der Waals surface area contributed by atoms with Crippen LogP contribution >= 0.6 is 0 Å². The second kappa shape index (κ2) is 15.4. The van der Waals surface area contributed by atoms with Gasteiger partial charge in [-0.15, -0.1) is 0 Å². The van der Waals surface area contributed by atoms with Crippen LogP contribution in [-0.4, -0.2) is 5.78 Å². The Morgan fingerprint density at radius 2 is 0.861 bits per heavy atom. The van der Waals surface area contributed by atoms with Gasteiger partial charge in [-0.25, -0.2) is 0 Å². The van der Waals surface area contributed by atoms with Gasteiger partial charge in [-0.1, -0.05) is 169 Å². The van der Waals surface area contributed by atoms with E-state index in [2.05, 4.69) is 86.6 Å². The summed E-state index contributed by atoms with van der Waals surface area (Å²) >= 11 is 0. The minimum absolute atomic E-state index is 0.0638. The molecule has 0 amide bonds. The molecule has 0 radical (unpaired) electrons. The van der Waals surface area contributed by atoms with E-state index in [0.29, 0.717) is 5.78 Å². The van der Waals surface area contributed by atoms with Gasteiger partial charge in [-0.05, 0) is 29.5 Å². The zero-order valence-electron chi connectivity index (χ0n) is 22.6. The highest BCUT2D eigenvalue weighted by atomic mass is 16.1. The molecular weight excluding hydrogens is 436 g/mol. The Morgan fingerprint density at radius 3 is 1.19 bits per heavy atom. The van der Waals surface area contributed by atoms with Crippen molar-refractivity contribution in [2.24, 2.45) is 5.92 Å². The minimum Gasteiger partial charge on any atom is -0.298 e. The van der Waals surface area contributed by atoms with Crippen molar-refractivity contribution in [2.75, 3.05) is 0 Å². The SMILES string of the molecule is CCCCCCCC(CCCCCCC)C(=O)C(c1ccccc1)(c1ccccc1)c1ccccc1. The highest BCUT2D eigenvalue weighted by Gasteiger charge is 2.45. The molecule has 192 valence electrons. The zero-order chi connectivity index (χ0) is 25.5. The van der Waals surface area contributed by atoms with Crippen LogP contribution in [0.5, 0.6) is 0 Å². The van der Waals surface area contributed by atoms with Crippen LogP contribution in [0.4, 0.5) is 0 Å². The summed E-state index contributed by atoms with van der Waals surface area (Å²) in [7, 11) is 0. The monoisotopic (exact) mass is 482 g/mol. The van der Waals surface area contributed by atoms with Gasteiger partial charge in [-0.3, -0.25) is 4.79 Å². The topological polar surface area (TPSA) is 17.1 Å². The molecule has 0 saturated heterocycles. The highest BCUT2D eigenvalue weighted by Crippen LogP contribution is 2.43. The molecule has 3 aromatic rings. The second-order valence-electron chi connectivity index (χ2n) is 10.3. The summed E-state index contributed by atoms with van der Waals surface area (Å²) in [6.07, 6.45) is 14.3. The molecule has 0 aliphatic heterocycles. The average Bonchev–Trinajstić information content (AvgIpc) is 2.94. The van der Waals surface area contributed by atoms with Crippen molar-refractivity contribution in [1.82, 2.24) is 0 Å². The third kappa shape index (κ3) is 7.19. The molecule has 0 saturated carbocycles. The van der Waals surface area contributed by atoms with E-state index in [1.54, 1.807) is 0 Å². The normalized spacial score (nSPS) is 11.6. The summed E-state index contributed by atoms with van der Waals surface area (Å²) in [4.78, 5) is 15.0. The maximum atomic E-state index is 15.0. The Morgan fingerprint density at radius 1 is 0.528 bits per heavy atom. The number of hydrogen-bond donors (Lipinski definition) is 0. The molecule has 1 heteroatoms. The first-order chi connectivity index (χ1) is 17.7. The first-order valence-corrected chi connectivity index (χ1v) is 14.5. The fraction of sp³-hybridized carbons (Fsp3) is 0.457. The van der Waals surface area contributed by atoms with Gasteiger partial charge in [-0.2, -0.15) is 0 Å². The van der Waals surface area contributed by atoms with Crippen LogP contribution in [0.25, 0.3) is 0 Å². The van der Waals surface area contributed by atoms with Crippen molar-refractivity contribution in [3.63, 3.8) is 0 Å². The van der Waals surface area contributed by atoms with Gasteiger partial charge in [0, 0.05) is 5.92 Å². The number of carbonyl (C=O) groups is 1. The Labute approximate surface area is 220 Å². The third-order valence-electron chi connectivity index (χ3n) is 7.67. The van der Waals surface area contributed by atoms with Gasteiger partial charge in [0.15, 0.2) is 5.78 Å². The molecule has 0 aromatic heterocycles. The van der Waals surface area contributed by atoms with Crippen LogP contribution in [0.2, 0.25) is 0 Å². The van der Waals surface area contributed by atoms with E-state index in [-0.39, 0.29) is 5.92 Å². The lowest BCUT2D eigenvalue weighted by Gasteiger charge is -2.37. The molecule has 0 fully saturated rings. The predicted octanol–water partition coefficient (Wildman–Crippen LogP) is 9.93. The molecule has 0 bridgehead atoms. The van der Waals surface area contributed by atoms with E-state index in [1.165, 1.54) is 51.4 Å². The lowest BCUT2D eigenvalue weighted by atomic mass is 9.63. The van der Waals surface area contributed by atoms with Crippen LogP contribution in [0.15, 0.2) is 91.0 Å². The molecule has 0 heterocycles. The van der Waals surface area contributed by atoms with Gasteiger partial charge >= 0.3 is 0 Å². The molecule has 1 nitrogen and oxygen atoms in total. The molecule has 0 unspecified atom stereocenters. The summed E-state index contributed by atoms with van der Waals surface area (Å²) in [5.74, 6) is 0.436. The Balaban J connectivity index is 2.04. The van der Waals surface area contributed by atoms with Crippen molar-refractivity contribution >= 4 is 5.78 Å². The molecular formula is C35H46O. The zero-order valence-corrected chi connectivity index (χ0v) is 22.6. The van der Waals surface area contributed by atoms with Crippen LogP contribution in [-0.2, 0) is 10.2 Å². The number of benzene rings is 3. The van der Waals surface area contributed by atoms with E-state index in [1.807, 2.05) is 18.2 Å². The first kappa shape index (κ1) is 27.9. The number of rotatable bonds is 17. The molecule has 0 spiro atoms. The van der Waals surface area contributed by atoms with Gasteiger partial charge in [0.2, 0.25) is 0 Å². The van der Waals surface area contributed by atoms with E-state index >= 15 is 4.79 Å². The smallest absolute Gasteiger partial charge is 0.155 e. The standard InChI is InChI=1S/C35H46O/c1-3-5-7-9-14-22-30(23-15-10-8-6-4-2)34(36)35(31-24-16-11-17-25-31,32-26-18-12-19-27-32)33-28-20-13-21-29-33/h11-13,16-21,24-30H,3-10,14-15,22-23H2,1-2H3. The molecule has 0 atom stereocenters. The fourth-order valence-corrected chi connectivity index (χ4v) is 5.69. The fourth-order valence-electron chi connectivity index (χ4n) is 5.69. The quantitative estimate of drug-likeness (QED) is 0.138. The predicted molar refractivity (Wildman–Crippen MR) is 154 cm³/mol. The summed E-state index contributed by atoms with van der Waals surface area (Å²) in [6.45, 7) is 4.52. The van der Waals surface area contributed by atoms with Crippen molar-refractivity contribution in [3.05, 3.63) is 108 Å². The molecule has 0 aliphatic carbocycles. The van der Waals surface area contributed by atoms with Crippen LogP contribution < -0.4 is 0 Å². The van der Waals surface area contributed by atoms with Gasteiger partial charge in [0.25, 0.3) is 0 Å². The molecule has 3 rings (SSSR count). The van der Waals surface area contributed by atoms with Crippen LogP contribution in [0, 0.1) is 5.92 Å². The van der Waals surface area contributed by atoms with E-state index in [4.69, 9.17) is 0 Å². The van der Waals surface area contributed by atoms with Crippen molar-refractivity contribution in [3.8, 4) is 0 Å². The van der Waals surface area contributed by atoms with E-state index in [9.17, 15) is 0 Å². The lowest BCUT2D eigenvalue weighted by molar-refractivity contribution is -0.126. The minimum atomic E-state index is -0.790. The Hall–Kier alpha value is -2.67. The summed E-state index contributed by atoms with van der Waals surface area (Å²) in [6, 6.07) is 31.5. The number of ketones is 1. The molecule has 3 aromatic carbocycles. The third-order valence-corrected chi connectivity index (χ3v) is 7.67. The molecule has 0 aliphatic rings. The number of carbonyl (C=O) groups excluding carboxylic acids is 1. The maximum absolute atomic E-state index is 15.0. The molecule has 36 heavy (non-hydrogen) atoms. The highest BCUT2D eigenvalue weighted by molar-refractivity contribution is 5.99. The van der Waals surface area contributed by atoms with Gasteiger partial charge in [0.1, 0.15) is 5.41 Å². The molecule has 0 N–H and O–H groups in total. The summed E-state index contributed by atoms with van der Waals surface area (Å²) in [5, 5.41) is 0. The van der Waals surface area contributed by atoms with E-state index in [0.717, 1.165) is 42.4 Å². The number of unbranched alkanes of at least 4 members (excludes halogenated alkanes) is 8. The number of hydrogen-bond acceptors (Lipinski definition) is 1. The number of Topliss-reactive ketones (excluding diaryl/α,β-unsaturated/α-hetero) is 1. The maximum Gasteiger partial charge on any atom is 0.155 e. The summed E-state index contributed by atoms with van der Waals surface area (Å²) < 4.78 is 0. The average molecular weight is 483 g/mol. The Bertz CT molecular complexity index is 866. The van der Waals surface area contributed by atoms with Gasteiger partial charge < -0.3 is 0 Å². The van der Waals surface area contributed by atoms with Crippen molar-refractivity contribution in [1.29, 1.82) is 0 Å². The summed E-state index contributed by atoms with van der Waals surface area (Å²) in [5.41, 5.74) is 2.44. The van der Waals surface area contributed by atoms with Crippen molar-refractivity contribution in [2.45, 2.75) is 96.3 Å². The van der Waals surface area contributed by atoms with E-state index < -0.39 is 5.41 Å². The van der Waals surface area contributed by atoms with Crippen molar-refractivity contribution < 1.29 is 4.79 Å². The first-order valence-electron chi connectivity index (χ1n) is 14.5. The van der Waals surface area contributed by atoms with Gasteiger partial charge in [0.05, 0.1) is 0 Å².